The first-order valence-electron chi connectivity index (χ1n) is 9.24. The third kappa shape index (κ3) is 4.61. The van der Waals surface area contributed by atoms with Gasteiger partial charge in [0.15, 0.2) is 0 Å². The minimum Gasteiger partial charge on any atom is -0.494 e. The average molecular weight is 407 g/mol. The van der Waals surface area contributed by atoms with Gasteiger partial charge in [0.2, 0.25) is 5.91 Å². The summed E-state index contributed by atoms with van der Waals surface area (Å²) in [6.45, 7) is 4.29. The van der Waals surface area contributed by atoms with Crippen LogP contribution < -0.4 is 15.0 Å². The number of hydrogen-bond donors (Lipinski definition) is 1. The van der Waals surface area contributed by atoms with Crippen LogP contribution in [0, 0.1) is 11.3 Å². The molecule has 0 saturated carbocycles. The monoisotopic (exact) mass is 407 g/mol. The van der Waals surface area contributed by atoms with E-state index in [1.165, 1.54) is 16.7 Å². The van der Waals surface area contributed by atoms with E-state index in [0.717, 1.165) is 5.56 Å². The lowest BCUT2D eigenvalue weighted by atomic mass is 10.1. The Kier molecular flexibility index (Phi) is 6.57. The number of hydrogen-bond acceptors (Lipinski definition) is 5. The first-order valence-corrected chi connectivity index (χ1v) is 10.2. The highest BCUT2D eigenvalue weighted by Gasteiger charge is 2.33. The maximum atomic E-state index is 12.8. The standard InChI is InChI=1S/C22H21N3O3S/c1-3-28-18-11-9-17(10-12-18)25-20(26)14-29-22(25)19(13-23)21(27)24-15(2)16-7-5-4-6-8-16/h4-12,15H,3,14H2,1-2H3,(H,24,27)/b22-19-. The molecule has 2 aromatic rings. The second-order valence-electron chi connectivity index (χ2n) is 6.34. The fourth-order valence-electron chi connectivity index (χ4n) is 2.97. The van der Waals surface area contributed by atoms with Crippen LogP contribution in [0.1, 0.15) is 25.5 Å². The van der Waals surface area contributed by atoms with Crippen LogP contribution in [0.15, 0.2) is 65.2 Å². The van der Waals surface area contributed by atoms with Crippen LogP contribution in [0.25, 0.3) is 0 Å². The van der Waals surface area contributed by atoms with Crippen LogP contribution in [0.5, 0.6) is 5.75 Å². The number of nitrogens with zero attached hydrogens (tertiary/aromatic N) is 2. The number of nitriles is 1. The molecule has 0 aromatic heterocycles. The lowest BCUT2D eigenvalue weighted by Crippen LogP contribution is -2.31. The van der Waals surface area contributed by atoms with Gasteiger partial charge in [-0.05, 0) is 43.7 Å². The van der Waals surface area contributed by atoms with Gasteiger partial charge in [0, 0.05) is 5.69 Å². The van der Waals surface area contributed by atoms with Crippen molar-refractivity contribution in [3.05, 3.63) is 70.8 Å². The zero-order valence-corrected chi connectivity index (χ0v) is 17.0. The molecule has 1 N–H and O–H groups in total. The first kappa shape index (κ1) is 20.5. The molecule has 0 spiro atoms. The van der Waals surface area contributed by atoms with Crippen LogP contribution in [0.3, 0.4) is 0 Å². The Morgan fingerprint density at radius 3 is 2.55 bits per heavy atom. The molecule has 1 heterocycles. The molecular weight excluding hydrogens is 386 g/mol. The van der Waals surface area contributed by atoms with E-state index in [1.54, 1.807) is 24.3 Å². The van der Waals surface area contributed by atoms with Crippen molar-refractivity contribution >= 4 is 29.3 Å². The van der Waals surface area contributed by atoms with Crippen molar-refractivity contribution in [3.63, 3.8) is 0 Å². The van der Waals surface area contributed by atoms with Gasteiger partial charge in [-0.15, -0.1) is 0 Å². The van der Waals surface area contributed by atoms with Crippen molar-refractivity contribution in [2.45, 2.75) is 19.9 Å². The van der Waals surface area contributed by atoms with E-state index in [4.69, 9.17) is 4.74 Å². The highest BCUT2D eigenvalue weighted by atomic mass is 32.2. The Bertz CT molecular complexity index is 965. The largest absolute Gasteiger partial charge is 0.494 e. The van der Waals surface area contributed by atoms with E-state index in [0.29, 0.717) is 23.1 Å². The summed E-state index contributed by atoms with van der Waals surface area (Å²) in [4.78, 5) is 26.7. The van der Waals surface area contributed by atoms with Crippen molar-refractivity contribution in [1.82, 2.24) is 5.32 Å². The van der Waals surface area contributed by atoms with Crippen molar-refractivity contribution in [1.29, 1.82) is 5.26 Å². The maximum Gasteiger partial charge on any atom is 0.265 e. The summed E-state index contributed by atoms with van der Waals surface area (Å²) in [5, 5.41) is 12.9. The molecule has 1 saturated heterocycles. The first-order chi connectivity index (χ1) is 14.0. The smallest absolute Gasteiger partial charge is 0.265 e. The molecule has 148 valence electrons. The Balaban J connectivity index is 1.87. The number of thioether (sulfide) groups is 1. The van der Waals surface area contributed by atoms with Gasteiger partial charge in [-0.1, -0.05) is 42.1 Å². The summed E-state index contributed by atoms with van der Waals surface area (Å²) in [5.74, 6) is 0.189. The summed E-state index contributed by atoms with van der Waals surface area (Å²) < 4.78 is 5.43. The van der Waals surface area contributed by atoms with Gasteiger partial charge in [-0.2, -0.15) is 5.26 Å². The Morgan fingerprint density at radius 1 is 1.24 bits per heavy atom. The van der Waals surface area contributed by atoms with Gasteiger partial charge in [0.05, 0.1) is 18.4 Å². The molecule has 3 rings (SSSR count). The second-order valence-corrected chi connectivity index (χ2v) is 7.31. The van der Waals surface area contributed by atoms with Gasteiger partial charge in [0.1, 0.15) is 22.4 Å². The van der Waals surface area contributed by atoms with E-state index in [-0.39, 0.29) is 23.3 Å². The van der Waals surface area contributed by atoms with Gasteiger partial charge < -0.3 is 10.1 Å². The predicted molar refractivity (Wildman–Crippen MR) is 113 cm³/mol. The van der Waals surface area contributed by atoms with E-state index in [1.807, 2.05) is 50.2 Å². The Hall–Kier alpha value is -3.24. The number of benzene rings is 2. The molecule has 7 heteroatoms. The van der Waals surface area contributed by atoms with Crippen LogP contribution in [0.4, 0.5) is 5.69 Å². The van der Waals surface area contributed by atoms with Crippen LogP contribution in [-0.2, 0) is 9.59 Å². The zero-order valence-electron chi connectivity index (χ0n) is 16.2. The van der Waals surface area contributed by atoms with Gasteiger partial charge >= 0.3 is 0 Å². The summed E-state index contributed by atoms with van der Waals surface area (Å²) in [6, 6.07) is 18.2. The molecule has 1 aliphatic heterocycles. The topological polar surface area (TPSA) is 82.4 Å². The lowest BCUT2D eigenvalue weighted by Gasteiger charge is -2.20. The van der Waals surface area contributed by atoms with Crippen molar-refractivity contribution < 1.29 is 14.3 Å². The molecule has 1 aliphatic rings. The highest BCUT2D eigenvalue weighted by Crippen LogP contribution is 2.36. The van der Waals surface area contributed by atoms with E-state index < -0.39 is 5.91 Å². The summed E-state index contributed by atoms with van der Waals surface area (Å²) >= 11 is 1.19. The number of ether oxygens (including phenoxy) is 1. The molecule has 1 atom stereocenters. The molecule has 0 bridgehead atoms. The van der Waals surface area contributed by atoms with Crippen molar-refractivity contribution in [2.24, 2.45) is 0 Å². The number of carbonyl (C=O) groups excluding carboxylic acids is 2. The summed E-state index contributed by atoms with van der Waals surface area (Å²) in [7, 11) is 0. The number of rotatable bonds is 6. The van der Waals surface area contributed by atoms with Crippen LogP contribution in [-0.4, -0.2) is 24.2 Å². The molecule has 29 heavy (non-hydrogen) atoms. The van der Waals surface area contributed by atoms with Crippen LogP contribution >= 0.6 is 11.8 Å². The predicted octanol–water partition coefficient (Wildman–Crippen LogP) is 3.78. The Morgan fingerprint density at radius 2 is 1.93 bits per heavy atom. The normalized spacial score (nSPS) is 16.2. The summed E-state index contributed by atoms with van der Waals surface area (Å²) in [6.07, 6.45) is 0. The fourth-order valence-corrected chi connectivity index (χ4v) is 3.97. The second kappa shape index (κ2) is 9.30. The van der Waals surface area contributed by atoms with Gasteiger partial charge in [0.25, 0.3) is 5.91 Å². The molecule has 6 nitrogen and oxygen atoms in total. The van der Waals surface area contributed by atoms with Crippen molar-refractivity contribution in [2.75, 3.05) is 17.3 Å². The molecular formula is C22H21N3O3S. The zero-order chi connectivity index (χ0) is 20.8. The molecule has 2 aromatic carbocycles. The number of amides is 2. The summed E-state index contributed by atoms with van der Waals surface area (Å²) in [5.41, 5.74) is 1.45. The fraction of sp³-hybridized carbons (Fsp3) is 0.227. The third-order valence-electron chi connectivity index (χ3n) is 4.39. The van der Waals surface area contributed by atoms with Crippen molar-refractivity contribution in [3.8, 4) is 11.8 Å². The Labute approximate surface area is 174 Å². The van der Waals surface area contributed by atoms with E-state index in [9.17, 15) is 14.9 Å². The van der Waals surface area contributed by atoms with E-state index in [2.05, 4.69) is 5.32 Å². The van der Waals surface area contributed by atoms with Crippen LogP contribution in [0.2, 0.25) is 0 Å². The number of nitrogens with one attached hydrogen (secondary N) is 1. The molecule has 0 aliphatic carbocycles. The SMILES string of the molecule is CCOc1ccc(N2C(=O)CS/C2=C(/C#N)C(=O)NC(C)c2ccccc2)cc1. The number of carbonyl (C=O) groups is 2. The number of anilines is 1. The quantitative estimate of drug-likeness (QED) is 0.582. The lowest BCUT2D eigenvalue weighted by molar-refractivity contribution is -0.117. The maximum absolute atomic E-state index is 12.8. The van der Waals surface area contributed by atoms with Gasteiger partial charge in [-0.3, -0.25) is 14.5 Å². The molecule has 1 fully saturated rings. The molecule has 1 unspecified atom stereocenters. The third-order valence-corrected chi connectivity index (χ3v) is 5.44. The minimum absolute atomic E-state index is 0.0717. The minimum atomic E-state index is -0.503. The molecule has 0 radical (unpaired) electrons. The highest BCUT2D eigenvalue weighted by molar-refractivity contribution is 8.04. The van der Waals surface area contributed by atoms with Gasteiger partial charge in [-0.25, -0.2) is 0 Å². The average Bonchev–Trinajstić information content (AvgIpc) is 3.11. The molecule has 2 amide bonds. The van der Waals surface area contributed by atoms with E-state index >= 15 is 0 Å².